The van der Waals surface area contributed by atoms with Crippen LogP contribution in [0.2, 0.25) is 0 Å². The molecule has 0 aliphatic heterocycles. The molecule has 1 rings (SSSR count). The smallest absolute Gasteiger partial charge is 0.377 e. The van der Waals surface area contributed by atoms with Crippen LogP contribution in [0.25, 0.3) is 0 Å². The number of ether oxygens (including phenoxy) is 1. The Balaban J connectivity index is 3.38. The minimum Gasteiger partial charge on any atom is -0.377 e. The van der Waals surface area contributed by atoms with E-state index in [0.717, 1.165) is 12.1 Å². The lowest BCUT2D eigenvalue weighted by atomic mass is 9.90. The van der Waals surface area contributed by atoms with Crippen LogP contribution < -0.4 is 0 Å². The zero-order chi connectivity index (χ0) is 24.0. The molecule has 0 saturated heterocycles. The molecule has 0 amide bonds. The average Bonchev–Trinajstić information content (AvgIpc) is 2.58. The Morgan fingerprint density at radius 3 is 1.47 bits per heavy atom. The van der Waals surface area contributed by atoms with Gasteiger partial charge in [0, 0.05) is 17.1 Å². The van der Waals surface area contributed by atoms with Gasteiger partial charge in [0.2, 0.25) is 0 Å². The van der Waals surface area contributed by atoms with Crippen molar-refractivity contribution in [2.45, 2.75) is 48.3 Å². The molecule has 1 unspecified atom stereocenters. The number of hydrogen-bond donors (Lipinski definition) is 0. The predicted octanol–water partition coefficient (Wildman–Crippen LogP) is 7.11. The second-order valence-electron chi connectivity index (χ2n) is 5.98. The molecule has 1 nitrogen and oxygen atoms in total. The minimum absolute atomic E-state index is 0.302. The van der Waals surface area contributed by atoms with Gasteiger partial charge in [-0.05, 0) is 40.3 Å². The summed E-state index contributed by atoms with van der Waals surface area (Å²) in [6.07, 6.45) is -12.0. The van der Waals surface area contributed by atoms with Crippen LogP contribution in [0.5, 0.6) is 0 Å². The Hall–Kier alpha value is -1.00. The van der Waals surface area contributed by atoms with Gasteiger partial charge in [0.1, 0.15) is 0 Å². The quantitative estimate of drug-likeness (QED) is 0.236. The average molecular weight is 580 g/mol. The van der Waals surface area contributed by atoms with E-state index in [1.54, 1.807) is 22.6 Å². The van der Waals surface area contributed by atoms with Gasteiger partial charge in [-0.1, -0.05) is 12.1 Å². The molecule has 0 aliphatic carbocycles. The van der Waals surface area contributed by atoms with Gasteiger partial charge in [0.25, 0.3) is 0 Å². The van der Waals surface area contributed by atoms with E-state index < -0.39 is 48.3 Å². The standard InChI is InChI=1S/C15H10F13IO/c1-30-9(7-2-4-8(29)5-3-7)6-10(16,17)11(18,19)12(20,21)13(22,23)14(24,25)15(26,27)28/h2-5,9H,6H2,1H3. The number of alkyl halides is 13. The van der Waals surface area contributed by atoms with Crippen molar-refractivity contribution in [3.63, 3.8) is 0 Å². The summed E-state index contributed by atoms with van der Waals surface area (Å²) in [4.78, 5) is 0. The van der Waals surface area contributed by atoms with Crippen molar-refractivity contribution in [1.82, 2.24) is 0 Å². The van der Waals surface area contributed by atoms with Crippen molar-refractivity contribution in [2.75, 3.05) is 7.11 Å². The van der Waals surface area contributed by atoms with E-state index in [9.17, 15) is 57.1 Å². The Bertz CT molecular complexity index is 727. The molecule has 0 radical (unpaired) electrons. The van der Waals surface area contributed by atoms with Gasteiger partial charge >= 0.3 is 35.8 Å². The van der Waals surface area contributed by atoms with Gasteiger partial charge < -0.3 is 4.74 Å². The van der Waals surface area contributed by atoms with Crippen LogP contribution in [0.4, 0.5) is 57.1 Å². The van der Waals surface area contributed by atoms with Crippen molar-refractivity contribution < 1.29 is 61.8 Å². The Morgan fingerprint density at radius 1 is 0.700 bits per heavy atom. The SMILES string of the molecule is COC(CC(F)(F)C(F)(F)C(F)(F)C(F)(F)C(F)(F)C(F)(F)F)c1ccc(I)cc1. The van der Waals surface area contributed by atoms with Gasteiger partial charge in [-0.3, -0.25) is 0 Å². The fraction of sp³-hybridized carbons (Fsp3) is 0.600. The molecule has 1 atom stereocenters. The maximum Gasteiger partial charge on any atom is 0.460 e. The Morgan fingerprint density at radius 2 is 1.10 bits per heavy atom. The monoisotopic (exact) mass is 580 g/mol. The molecule has 1 aromatic carbocycles. The molecule has 0 N–H and O–H groups in total. The largest absolute Gasteiger partial charge is 0.460 e. The van der Waals surface area contributed by atoms with Crippen LogP contribution >= 0.6 is 22.6 Å². The minimum atomic E-state index is -7.91. The van der Waals surface area contributed by atoms with Crippen LogP contribution in [0.3, 0.4) is 0 Å². The van der Waals surface area contributed by atoms with Gasteiger partial charge in [-0.2, -0.15) is 57.1 Å². The summed E-state index contributed by atoms with van der Waals surface area (Å²) in [6, 6.07) is 4.58. The van der Waals surface area contributed by atoms with E-state index in [-0.39, 0.29) is 5.56 Å². The first-order valence-corrected chi connectivity index (χ1v) is 8.49. The number of methoxy groups -OCH3 is 1. The van der Waals surface area contributed by atoms with Gasteiger partial charge in [-0.25, -0.2) is 0 Å². The summed E-state index contributed by atoms with van der Waals surface area (Å²) < 4.78 is 176. The molecule has 174 valence electrons. The summed E-state index contributed by atoms with van der Waals surface area (Å²) in [6.45, 7) is 0. The topological polar surface area (TPSA) is 9.23 Å². The number of benzene rings is 1. The molecule has 0 aromatic heterocycles. The van der Waals surface area contributed by atoms with E-state index in [0.29, 0.717) is 10.7 Å². The lowest BCUT2D eigenvalue weighted by molar-refractivity contribution is -0.440. The van der Waals surface area contributed by atoms with E-state index in [1.165, 1.54) is 12.1 Å². The predicted molar refractivity (Wildman–Crippen MR) is 84.3 cm³/mol. The maximum absolute atomic E-state index is 13.9. The van der Waals surface area contributed by atoms with Crippen molar-refractivity contribution in [2.24, 2.45) is 0 Å². The molecular weight excluding hydrogens is 570 g/mol. The van der Waals surface area contributed by atoms with E-state index >= 15 is 0 Å². The Labute approximate surface area is 173 Å². The van der Waals surface area contributed by atoms with Crippen LogP contribution in [-0.4, -0.2) is 42.9 Å². The molecule has 0 heterocycles. The zero-order valence-electron chi connectivity index (χ0n) is 14.3. The van der Waals surface area contributed by atoms with Crippen molar-refractivity contribution in [3.8, 4) is 0 Å². The third-order valence-electron chi connectivity index (χ3n) is 3.97. The number of rotatable bonds is 8. The molecule has 0 fully saturated rings. The second-order valence-corrected chi connectivity index (χ2v) is 7.23. The van der Waals surface area contributed by atoms with Crippen LogP contribution in [0.15, 0.2) is 24.3 Å². The molecule has 30 heavy (non-hydrogen) atoms. The fourth-order valence-electron chi connectivity index (χ4n) is 2.18. The summed E-state index contributed by atoms with van der Waals surface area (Å²) >= 11 is 1.75. The summed E-state index contributed by atoms with van der Waals surface area (Å²) in [5.41, 5.74) is -0.302. The maximum atomic E-state index is 13.9. The first kappa shape index (κ1) is 27.0. The summed E-state index contributed by atoms with van der Waals surface area (Å²) in [7, 11) is 0.668. The second kappa shape index (κ2) is 8.16. The van der Waals surface area contributed by atoms with E-state index in [2.05, 4.69) is 4.74 Å². The third-order valence-corrected chi connectivity index (χ3v) is 4.69. The molecule has 15 heteroatoms. The molecule has 0 bridgehead atoms. The zero-order valence-corrected chi connectivity index (χ0v) is 16.5. The lowest BCUT2D eigenvalue weighted by Crippen LogP contribution is -2.70. The highest BCUT2D eigenvalue weighted by molar-refractivity contribution is 14.1. The van der Waals surface area contributed by atoms with Crippen LogP contribution in [-0.2, 0) is 4.74 Å². The van der Waals surface area contributed by atoms with Gasteiger partial charge in [0.05, 0.1) is 6.10 Å². The first-order chi connectivity index (χ1) is 13.2. The van der Waals surface area contributed by atoms with Crippen molar-refractivity contribution in [1.29, 1.82) is 0 Å². The third kappa shape index (κ3) is 4.32. The summed E-state index contributed by atoms with van der Waals surface area (Å²) in [5, 5.41) is 0. The highest BCUT2D eigenvalue weighted by atomic mass is 127. The normalized spacial score (nSPS) is 16.0. The van der Waals surface area contributed by atoms with Crippen LogP contribution in [0, 0.1) is 3.57 Å². The highest BCUT2D eigenvalue weighted by Crippen LogP contribution is 2.61. The highest BCUT2D eigenvalue weighted by Gasteiger charge is 2.90. The van der Waals surface area contributed by atoms with E-state index in [1.807, 2.05) is 0 Å². The molecule has 1 aromatic rings. The number of hydrogen-bond acceptors (Lipinski definition) is 1. The Kier molecular flexibility index (Phi) is 7.36. The first-order valence-electron chi connectivity index (χ1n) is 7.41. The molecule has 0 saturated carbocycles. The lowest BCUT2D eigenvalue weighted by Gasteiger charge is -2.40. The van der Waals surface area contributed by atoms with Crippen LogP contribution in [0.1, 0.15) is 18.1 Å². The van der Waals surface area contributed by atoms with Crippen molar-refractivity contribution in [3.05, 3.63) is 33.4 Å². The molecule has 0 spiro atoms. The number of halogens is 14. The summed E-state index contributed by atoms with van der Waals surface area (Å²) in [5.74, 6) is -37.0. The fourth-order valence-corrected chi connectivity index (χ4v) is 2.54. The van der Waals surface area contributed by atoms with Gasteiger partial charge in [0.15, 0.2) is 0 Å². The molecule has 0 aliphatic rings. The van der Waals surface area contributed by atoms with E-state index in [4.69, 9.17) is 0 Å². The van der Waals surface area contributed by atoms with Gasteiger partial charge in [-0.15, -0.1) is 0 Å². The molecular formula is C15H10F13IO. The van der Waals surface area contributed by atoms with Crippen molar-refractivity contribution >= 4 is 22.6 Å².